The van der Waals surface area contributed by atoms with Crippen LogP contribution in [0.1, 0.15) is 31.4 Å². The van der Waals surface area contributed by atoms with Crippen molar-refractivity contribution in [3.05, 3.63) is 29.8 Å². The zero-order chi connectivity index (χ0) is 13.2. The molecule has 18 heavy (non-hydrogen) atoms. The summed E-state index contributed by atoms with van der Waals surface area (Å²) < 4.78 is 44.0. The monoisotopic (exact) mass is 259 g/mol. The van der Waals surface area contributed by atoms with Crippen molar-refractivity contribution in [2.45, 2.75) is 38.1 Å². The fourth-order valence-corrected chi connectivity index (χ4v) is 1.74. The normalized spacial score (nSPS) is 17.6. The van der Waals surface area contributed by atoms with E-state index in [-0.39, 0.29) is 18.2 Å². The van der Waals surface area contributed by atoms with E-state index in [2.05, 4.69) is 5.32 Å². The second kappa shape index (κ2) is 5.18. The molecule has 2 rings (SSSR count). The van der Waals surface area contributed by atoms with Gasteiger partial charge in [-0.1, -0.05) is 19.1 Å². The Morgan fingerprint density at radius 3 is 2.33 bits per heavy atom. The van der Waals surface area contributed by atoms with Crippen molar-refractivity contribution >= 4 is 0 Å². The van der Waals surface area contributed by atoms with Gasteiger partial charge in [0.25, 0.3) is 0 Å². The van der Waals surface area contributed by atoms with Crippen LogP contribution in [-0.2, 0) is 0 Å². The first-order valence-electron chi connectivity index (χ1n) is 6.07. The van der Waals surface area contributed by atoms with Gasteiger partial charge in [0, 0.05) is 0 Å². The third kappa shape index (κ3) is 3.38. The number of benzene rings is 1. The quantitative estimate of drug-likeness (QED) is 0.874. The van der Waals surface area contributed by atoms with Crippen LogP contribution in [0.25, 0.3) is 0 Å². The van der Waals surface area contributed by atoms with E-state index in [0.29, 0.717) is 5.75 Å². The lowest BCUT2D eigenvalue weighted by Gasteiger charge is -2.21. The van der Waals surface area contributed by atoms with Crippen LogP contribution >= 0.6 is 0 Å². The highest BCUT2D eigenvalue weighted by atomic mass is 19.4. The van der Waals surface area contributed by atoms with E-state index in [4.69, 9.17) is 4.74 Å². The van der Waals surface area contributed by atoms with Crippen LogP contribution in [0.3, 0.4) is 0 Å². The van der Waals surface area contributed by atoms with Crippen LogP contribution in [0, 0.1) is 0 Å². The Balaban J connectivity index is 2.09. The van der Waals surface area contributed by atoms with Crippen LogP contribution in [0.2, 0.25) is 0 Å². The summed E-state index contributed by atoms with van der Waals surface area (Å²) in [6.07, 6.45) is -1.97. The largest absolute Gasteiger partial charge is 0.490 e. The SMILES string of the molecule is CCNC(c1ccc(OC2CC2)cc1)C(F)(F)F. The fraction of sp³-hybridized carbons (Fsp3) is 0.538. The van der Waals surface area contributed by atoms with Crippen LogP contribution in [0.4, 0.5) is 13.2 Å². The van der Waals surface area contributed by atoms with E-state index < -0.39 is 12.2 Å². The van der Waals surface area contributed by atoms with Crippen molar-refractivity contribution in [2.75, 3.05) is 6.54 Å². The molecule has 0 aliphatic heterocycles. The van der Waals surface area contributed by atoms with Crippen molar-refractivity contribution in [3.63, 3.8) is 0 Å². The van der Waals surface area contributed by atoms with Crippen molar-refractivity contribution in [3.8, 4) is 5.75 Å². The van der Waals surface area contributed by atoms with Crippen molar-refractivity contribution in [1.29, 1.82) is 0 Å². The lowest BCUT2D eigenvalue weighted by Crippen LogP contribution is -2.33. The molecule has 0 heterocycles. The maximum absolute atomic E-state index is 12.8. The van der Waals surface area contributed by atoms with Gasteiger partial charge in [-0.2, -0.15) is 13.2 Å². The van der Waals surface area contributed by atoms with Gasteiger partial charge in [0.15, 0.2) is 0 Å². The molecule has 0 spiro atoms. The van der Waals surface area contributed by atoms with Crippen LogP contribution in [-0.4, -0.2) is 18.8 Å². The average molecular weight is 259 g/mol. The standard InChI is InChI=1S/C13H16F3NO/c1-2-17-12(13(14,15)16)9-3-5-10(6-4-9)18-11-7-8-11/h3-6,11-12,17H,2,7-8H2,1H3. The maximum atomic E-state index is 12.8. The van der Waals surface area contributed by atoms with E-state index >= 15 is 0 Å². The van der Waals surface area contributed by atoms with Gasteiger partial charge >= 0.3 is 6.18 Å². The van der Waals surface area contributed by atoms with E-state index in [1.165, 1.54) is 12.1 Å². The molecule has 1 atom stereocenters. The molecule has 1 aliphatic carbocycles. The third-order valence-electron chi connectivity index (χ3n) is 2.78. The number of rotatable bonds is 5. The van der Waals surface area contributed by atoms with E-state index in [1.54, 1.807) is 19.1 Å². The highest BCUT2D eigenvalue weighted by Gasteiger charge is 2.40. The molecule has 0 aromatic heterocycles. The molecule has 1 N–H and O–H groups in total. The molecule has 0 radical (unpaired) electrons. The molecule has 1 fully saturated rings. The molecule has 0 saturated heterocycles. The van der Waals surface area contributed by atoms with Gasteiger partial charge in [0.05, 0.1) is 6.10 Å². The summed E-state index contributed by atoms with van der Waals surface area (Å²) >= 11 is 0. The van der Waals surface area contributed by atoms with Crippen molar-refractivity contribution < 1.29 is 17.9 Å². The van der Waals surface area contributed by atoms with Crippen molar-refractivity contribution in [2.24, 2.45) is 0 Å². The molecular weight excluding hydrogens is 243 g/mol. The molecule has 100 valence electrons. The zero-order valence-electron chi connectivity index (χ0n) is 10.1. The van der Waals surface area contributed by atoms with Crippen molar-refractivity contribution in [1.82, 2.24) is 5.32 Å². The van der Waals surface area contributed by atoms with Gasteiger partial charge < -0.3 is 10.1 Å². The van der Waals surface area contributed by atoms with Gasteiger partial charge in [-0.3, -0.25) is 0 Å². The minimum Gasteiger partial charge on any atom is -0.490 e. The Kier molecular flexibility index (Phi) is 3.80. The lowest BCUT2D eigenvalue weighted by atomic mass is 10.1. The topological polar surface area (TPSA) is 21.3 Å². The highest BCUT2D eigenvalue weighted by molar-refractivity contribution is 5.30. The van der Waals surface area contributed by atoms with E-state index in [1.807, 2.05) is 0 Å². The Labute approximate surface area is 104 Å². The molecule has 0 bridgehead atoms. The molecule has 1 aromatic rings. The first-order valence-corrected chi connectivity index (χ1v) is 6.07. The molecule has 1 aromatic carbocycles. The molecule has 0 amide bonds. The Morgan fingerprint density at radius 1 is 1.28 bits per heavy atom. The number of hydrogen-bond acceptors (Lipinski definition) is 2. The number of ether oxygens (including phenoxy) is 1. The number of halogens is 3. The van der Waals surface area contributed by atoms with Gasteiger partial charge in [-0.05, 0) is 37.1 Å². The first kappa shape index (κ1) is 13.2. The summed E-state index contributed by atoms with van der Waals surface area (Å²) in [5.41, 5.74) is 0.215. The second-order valence-corrected chi connectivity index (χ2v) is 4.42. The van der Waals surface area contributed by atoms with Gasteiger partial charge in [0.2, 0.25) is 0 Å². The number of alkyl halides is 3. The Hall–Kier alpha value is -1.23. The summed E-state index contributed by atoms with van der Waals surface area (Å²) in [5.74, 6) is 0.638. The molecular formula is C13H16F3NO. The minimum atomic E-state index is -4.28. The highest BCUT2D eigenvalue weighted by Crippen LogP contribution is 2.34. The molecule has 5 heteroatoms. The third-order valence-corrected chi connectivity index (χ3v) is 2.78. The summed E-state index contributed by atoms with van der Waals surface area (Å²) in [6, 6.07) is 4.53. The van der Waals surface area contributed by atoms with E-state index in [9.17, 15) is 13.2 Å². The first-order chi connectivity index (χ1) is 8.50. The zero-order valence-corrected chi connectivity index (χ0v) is 10.1. The van der Waals surface area contributed by atoms with Crippen LogP contribution in [0.15, 0.2) is 24.3 Å². The molecule has 1 aliphatic rings. The smallest absolute Gasteiger partial charge is 0.407 e. The minimum absolute atomic E-state index is 0.215. The summed E-state index contributed by atoms with van der Waals surface area (Å²) in [5, 5.41) is 2.45. The fourth-order valence-electron chi connectivity index (χ4n) is 1.74. The van der Waals surface area contributed by atoms with Crippen LogP contribution < -0.4 is 10.1 Å². The summed E-state index contributed by atoms with van der Waals surface area (Å²) in [7, 11) is 0. The predicted molar refractivity (Wildman–Crippen MR) is 62.6 cm³/mol. The molecule has 2 nitrogen and oxygen atoms in total. The van der Waals surface area contributed by atoms with Gasteiger partial charge in [-0.15, -0.1) is 0 Å². The average Bonchev–Trinajstić information content (AvgIpc) is 3.10. The van der Waals surface area contributed by atoms with Gasteiger partial charge in [0.1, 0.15) is 11.8 Å². The Bertz CT molecular complexity index is 384. The summed E-state index contributed by atoms with van der Waals surface area (Å²) in [4.78, 5) is 0. The lowest BCUT2D eigenvalue weighted by molar-refractivity contribution is -0.157. The maximum Gasteiger partial charge on any atom is 0.407 e. The predicted octanol–water partition coefficient (Wildman–Crippen LogP) is 3.44. The van der Waals surface area contributed by atoms with E-state index in [0.717, 1.165) is 12.8 Å². The summed E-state index contributed by atoms with van der Waals surface area (Å²) in [6.45, 7) is 1.92. The number of hydrogen-bond donors (Lipinski definition) is 1. The molecule has 1 saturated carbocycles. The van der Waals surface area contributed by atoms with Gasteiger partial charge in [-0.25, -0.2) is 0 Å². The second-order valence-electron chi connectivity index (χ2n) is 4.42. The number of nitrogens with one attached hydrogen (secondary N) is 1. The Morgan fingerprint density at radius 2 is 1.89 bits per heavy atom. The van der Waals surface area contributed by atoms with Crippen LogP contribution in [0.5, 0.6) is 5.75 Å². The molecule has 1 unspecified atom stereocenters.